The number of amides is 1. The number of aromatic hydroxyl groups is 1. The van der Waals surface area contributed by atoms with Crippen LogP contribution in [0.5, 0.6) is 5.75 Å². The Labute approximate surface area is 286 Å². The van der Waals surface area contributed by atoms with Gasteiger partial charge in [0, 0.05) is 54.7 Å². The largest absolute Gasteiger partial charge is 0.507 e. The second-order valence-corrected chi connectivity index (χ2v) is 11.3. The summed E-state index contributed by atoms with van der Waals surface area (Å²) in [6.45, 7) is 13.0. The monoisotopic (exact) mass is 659 g/mol. The summed E-state index contributed by atoms with van der Waals surface area (Å²) in [6.07, 6.45) is 10.7. The Morgan fingerprint density at radius 3 is 2.38 bits per heavy atom. The quantitative estimate of drug-likeness (QED) is 0.110. The van der Waals surface area contributed by atoms with E-state index in [1.807, 2.05) is 64.2 Å². The molecule has 5 N–H and O–H groups in total. The zero-order valence-electron chi connectivity index (χ0n) is 29.5. The molecule has 1 amide bonds. The van der Waals surface area contributed by atoms with E-state index >= 15 is 0 Å². The Hall–Kier alpha value is -4.34. The van der Waals surface area contributed by atoms with Gasteiger partial charge in [0.15, 0.2) is 0 Å². The molecule has 0 bridgehead atoms. The van der Waals surface area contributed by atoms with Gasteiger partial charge in [0.1, 0.15) is 17.9 Å². The van der Waals surface area contributed by atoms with E-state index in [-0.39, 0.29) is 17.2 Å². The zero-order valence-corrected chi connectivity index (χ0v) is 29.5. The highest BCUT2D eigenvalue weighted by atomic mass is 19.1. The predicted molar refractivity (Wildman–Crippen MR) is 200 cm³/mol. The third-order valence-corrected chi connectivity index (χ3v) is 7.70. The molecule has 0 aromatic heterocycles. The van der Waals surface area contributed by atoms with E-state index in [1.165, 1.54) is 50.3 Å². The number of anilines is 2. The van der Waals surface area contributed by atoms with Gasteiger partial charge in [0.2, 0.25) is 5.91 Å². The molecule has 0 radical (unpaired) electrons. The summed E-state index contributed by atoms with van der Waals surface area (Å²) < 4.78 is 13.6. The van der Waals surface area contributed by atoms with Crippen LogP contribution in [0.2, 0.25) is 0 Å². The Balaban J connectivity index is 0.000000282. The molecule has 48 heavy (non-hydrogen) atoms. The van der Waals surface area contributed by atoms with Gasteiger partial charge in [0.05, 0.1) is 11.4 Å². The molecule has 3 aromatic carbocycles. The van der Waals surface area contributed by atoms with E-state index in [2.05, 4.69) is 40.1 Å². The van der Waals surface area contributed by atoms with Gasteiger partial charge in [-0.05, 0) is 86.4 Å². The average molecular weight is 660 g/mol. The molecule has 0 saturated heterocycles. The summed E-state index contributed by atoms with van der Waals surface area (Å²) in [7, 11) is 1.88. The third kappa shape index (κ3) is 13.4. The number of aliphatic imine (C=N–C) groups is 1. The molecule has 2 aliphatic rings. The fraction of sp³-hybridized carbons (Fsp3) is 0.410. The van der Waals surface area contributed by atoms with Gasteiger partial charge in [-0.15, -0.1) is 0 Å². The lowest BCUT2D eigenvalue weighted by Crippen LogP contribution is -2.31. The maximum Gasteiger partial charge on any atom is 0.248 e. The molecule has 9 heteroatoms. The van der Waals surface area contributed by atoms with Crippen molar-refractivity contribution in [3.05, 3.63) is 83.7 Å². The van der Waals surface area contributed by atoms with Gasteiger partial charge >= 0.3 is 0 Å². The van der Waals surface area contributed by atoms with Crippen LogP contribution in [0.15, 0.2) is 71.7 Å². The fourth-order valence-electron chi connectivity index (χ4n) is 5.30. The van der Waals surface area contributed by atoms with Gasteiger partial charge < -0.3 is 26.4 Å². The topological polar surface area (TPSA) is 115 Å². The highest BCUT2D eigenvalue weighted by Crippen LogP contribution is 2.39. The van der Waals surface area contributed by atoms with Crippen molar-refractivity contribution in [2.24, 2.45) is 4.99 Å². The number of nitrogens with one attached hydrogen (secondary N) is 4. The number of benzene rings is 3. The van der Waals surface area contributed by atoms with Crippen LogP contribution < -0.4 is 21.3 Å². The number of halogens is 1. The van der Waals surface area contributed by atoms with Crippen LogP contribution in [0, 0.1) is 5.82 Å². The minimum Gasteiger partial charge on any atom is -0.507 e. The minimum atomic E-state index is -0.619. The number of aldehydes is 1. The van der Waals surface area contributed by atoms with E-state index in [0.29, 0.717) is 24.6 Å². The van der Waals surface area contributed by atoms with Gasteiger partial charge in [-0.3, -0.25) is 14.6 Å². The number of carbonyl (C=O) groups is 2. The Morgan fingerprint density at radius 2 is 1.75 bits per heavy atom. The molecule has 0 unspecified atom stereocenters. The van der Waals surface area contributed by atoms with E-state index in [4.69, 9.17) is 0 Å². The highest BCUT2D eigenvalue weighted by molar-refractivity contribution is 5.99. The van der Waals surface area contributed by atoms with E-state index < -0.39 is 5.82 Å². The van der Waals surface area contributed by atoms with Crippen LogP contribution in [0.4, 0.5) is 21.5 Å². The van der Waals surface area contributed by atoms with Crippen LogP contribution in [0.3, 0.4) is 0 Å². The van der Waals surface area contributed by atoms with Crippen molar-refractivity contribution in [3.8, 4) is 16.9 Å². The summed E-state index contributed by atoms with van der Waals surface area (Å²) in [6, 6.07) is 16.3. The molecule has 0 spiro atoms. The first-order valence-corrected chi connectivity index (χ1v) is 17.1. The lowest BCUT2D eigenvalue weighted by Gasteiger charge is -2.21. The van der Waals surface area contributed by atoms with Crippen LogP contribution >= 0.6 is 0 Å². The second-order valence-electron chi connectivity index (χ2n) is 11.3. The standard InChI is InChI=1S/C17H21FN2O2.C16H16N2O.C4H11N.C2H6/c18-15-11-13(12-21)8-9-16(15)20-17(22)7-4-10-19-14-5-2-1-3-6-14;1-10-6-12-8-16(19)14(9-15(12)18-10)11-4-3-5-13(7-11)17-2;1-3-5-4-2;1-2/h4,7-9,11-12,14,19H,1-3,5-6,10H2,(H,20,22);3-5,7-9,17,19H,6H2,1-2H3;5H,3-4H2,1-2H3;1-2H3/b7-4+;;;. The summed E-state index contributed by atoms with van der Waals surface area (Å²) in [5.41, 5.74) is 6.32. The van der Waals surface area contributed by atoms with E-state index in [1.54, 1.807) is 6.08 Å². The van der Waals surface area contributed by atoms with E-state index in [9.17, 15) is 19.1 Å². The van der Waals surface area contributed by atoms with Crippen molar-refractivity contribution in [3.63, 3.8) is 0 Å². The van der Waals surface area contributed by atoms with Crippen LogP contribution in [-0.4, -0.2) is 55.7 Å². The molecule has 5 rings (SSSR count). The fourth-order valence-corrected chi connectivity index (χ4v) is 5.30. The number of hydrogen-bond donors (Lipinski definition) is 5. The highest BCUT2D eigenvalue weighted by Gasteiger charge is 2.16. The minimum absolute atomic E-state index is 0.0699. The summed E-state index contributed by atoms with van der Waals surface area (Å²) >= 11 is 0. The molecule has 1 heterocycles. The van der Waals surface area contributed by atoms with Crippen molar-refractivity contribution in [1.29, 1.82) is 0 Å². The third-order valence-electron chi connectivity index (χ3n) is 7.70. The van der Waals surface area contributed by atoms with Crippen molar-refractivity contribution in [2.45, 2.75) is 79.2 Å². The van der Waals surface area contributed by atoms with Gasteiger partial charge in [0.25, 0.3) is 0 Å². The van der Waals surface area contributed by atoms with Crippen LogP contribution in [-0.2, 0) is 11.2 Å². The molecular formula is C39H54FN5O3. The lowest BCUT2D eigenvalue weighted by molar-refractivity contribution is -0.111. The predicted octanol–water partition coefficient (Wildman–Crippen LogP) is 8.45. The molecule has 8 nitrogen and oxygen atoms in total. The molecule has 1 fully saturated rings. The maximum atomic E-state index is 13.6. The van der Waals surface area contributed by atoms with Crippen molar-refractivity contribution in [1.82, 2.24) is 10.6 Å². The number of fused-ring (bicyclic) bond motifs is 1. The average Bonchev–Trinajstić information content (AvgIpc) is 3.48. The summed E-state index contributed by atoms with van der Waals surface area (Å²) in [5, 5.41) is 22.3. The van der Waals surface area contributed by atoms with Crippen molar-refractivity contribution >= 4 is 35.0 Å². The molecule has 0 atom stereocenters. The number of hydrogen-bond acceptors (Lipinski definition) is 7. The Kier molecular flexibility index (Phi) is 18.5. The molecule has 1 aliphatic heterocycles. The van der Waals surface area contributed by atoms with Gasteiger partial charge in [-0.25, -0.2) is 4.39 Å². The maximum absolute atomic E-state index is 13.6. The zero-order chi connectivity index (χ0) is 35.3. The molecule has 3 aromatic rings. The number of rotatable bonds is 10. The number of carbonyl (C=O) groups excluding carboxylic acids is 2. The van der Waals surface area contributed by atoms with Gasteiger partial charge in [-0.1, -0.05) is 65.2 Å². The summed E-state index contributed by atoms with van der Waals surface area (Å²) in [4.78, 5) is 26.7. The van der Waals surface area contributed by atoms with E-state index in [0.717, 1.165) is 59.4 Å². The number of phenolic OH excluding ortho intramolecular Hbond substituents is 1. The Bertz CT molecular complexity index is 1500. The summed E-state index contributed by atoms with van der Waals surface area (Å²) in [5.74, 6) is -0.688. The first kappa shape index (κ1) is 39.8. The normalized spacial score (nSPS) is 13.4. The lowest BCUT2D eigenvalue weighted by atomic mass is 9.95. The smallest absolute Gasteiger partial charge is 0.248 e. The first-order valence-electron chi connectivity index (χ1n) is 17.1. The van der Waals surface area contributed by atoms with Gasteiger partial charge in [-0.2, -0.15) is 0 Å². The number of nitrogens with zero attached hydrogens (tertiary/aromatic N) is 1. The van der Waals surface area contributed by atoms with Crippen LogP contribution in [0.25, 0.3) is 11.1 Å². The molecule has 1 saturated carbocycles. The van der Waals surface area contributed by atoms with Crippen LogP contribution in [0.1, 0.15) is 82.6 Å². The molecular weight excluding hydrogens is 605 g/mol. The SMILES string of the molecule is CC.CCNCC.CNc1cccc(-c2cc3c(cc2O)CC(C)=N3)c1.O=Cc1ccc(NC(=O)/C=C/CNC2CCCCC2)c(F)c1. The molecule has 1 aliphatic carbocycles. The molecule has 260 valence electrons. The number of phenols is 1. The second kappa shape index (κ2) is 22.3. The Morgan fingerprint density at radius 1 is 1.02 bits per heavy atom. The van der Waals surface area contributed by atoms with Crippen molar-refractivity contribution < 1.29 is 19.1 Å². The van der Waals surface area contributed by atoms with Crippen molar-refractivity contribution in [2.75, 3.05) is 37.3 Å². The first-order chi connectivity index (χ1) is 23.3.